The van der Waals surface area contributed by atoms with Crippen molar-refractivity contribution < 1.29 is 13.2 Å². The molecular weight excluding hydrogens is 376 g/mol. The predicted octanol–water partition coefficient (Wildman–Crippen LogP) is 4.22. The van der Waals surface area contributed by atoms with E-state index < -0.39 is 11.9 Å². The average Bonchev–Trinajstić information content (AvgIpc) is 2.57. The summed E-state index contributed by atoms with van der Waals surface area (Å²) in [7, 11) is 1.97. The van der Waals surface area contributed by atoms with Crippen molar-refractivity contribution in [3.05, 3.63) is 40.1 Å². The third-order valence-corrected chi connectivity index (χ3v) is 4.88. The first-order valence-corrected chi connectivity index (χ1v) is 8.35. The van der Waals surface area contributed by atoms with Gasteiger partial charge < -0.3 is 9.80 Å². The van der Waals surface area contributed by atoms with E-state index in [1.165, 1.54) is 24.4 Å². The van der Waals surface area contributed by atoms with E-state index in [-0.39, 0.29) is 27.1 Å². The van der Waals surface area contributed by atoms with Gasteiger partial charge in [-0.25, -0.2) is 4.98 Å². The Labute approximate surface area is 153 Å². The lowest BCUT2D eigenvalue weighted by atomic mass is 10.1. The SMILES string of the molecule is CN1CCN(c2cnc(-c3cccc(Cl)c3Cl)c(C(F)(F)F)n2)CC1. The summed E-state index contributed by atoms with van der Waals surface area (Å²) >= 11 is 12.0. The van der Waals surface area contributed by atoms with Crippen molar-refractivity contribution in [2.45, 2.75) is 6.18 Å². The molecule has 1 saturated heterocycles. The molecule has 1 aromatic carbocycles. The fourth-order valence-electron chi connectivity index (χ4n) is 2.65. The molecule has 0 unspecified atom stereocenters. The normalized spacial score (nSPS) is 16.3. The second-order valence-electron chi connectivity index (χ2n) is 5.81. The number of piperazine rings is 1. The van der Waals surface area contributed by atoms with E-state index >= 15 is 0 Å². The van der Waals surface area contributed by atoms with E-state index in [4.69, 9.17) is 23.2 Å². The first-order valence-electron chi connectivity index (χ1n) is 7.59. The molecule has 0 bridgehead atoms. The highest BCUT2D eigenvalue weighted by atomic mass is 35.5. The monoisotopic (exact) mass is 390 g/mol. The summed E-state index contributed by atoms with van der Waals surface area (Å²) in [6.07, 6.45) is -3.30. The number of halogens is 5. The van der Waals surface area contributed by atoms with Crippen LogP contribution in [0.4, 0.5) is 19.0 Å². The van der Waals surface area contributed by atoms with Crippen molar-refractivity contribution in [3.63, 3.8) is 0 Å². The number of hydrogen-bond acceptors (Lipinski definition) is 4. The topological polar surface area (TPSA) is 32.3 Å². The van der Waals surface area contributed by atoms with Crippen LogP contribution in [-0.2, 0) is 6.18 Å². The zero-order valence-corrected chi connectivity index (χ0v) is 14.8. The lowest BCUT2D eigenvalue weighted by Gasteiger charge is -2.33. The summed E-state index contributed by atoms with van der Waals surface area (Å²) in [4.78, 5) is 11.8. The molecule has 4 nitrogen and oxygen atoms in total. The van der Waals surface area contributed by atoms with E-state index in [0.29, 0.717) is 13.1 Å². The van der Waals surface area contributed by atoms with Crippen LogP contribution in [0, 0.1) is 0 Å². The quantitative estimate of drug-likeness (QED) is 0.768. The molecule has 0 atom stereocenters. The Morgan fingerprint density at radius 2 is 1.76 bits per heavy atom. The van der Waals surface area contributed by atoms with Gasteiger partial charge in [-0.1, -0.05) is 35.3 Å². The average molecular weight is 391 g/mol. The highest BCUT2D eigenvalue weighted by Gasteiger charge is 2.38. The molecule has 1 aliphatic rings. The largest absolute Gasteiger partial charge is 0.435 e. The summed E-state index contributed by atoms with van der Waals surface area (Å²) < 4.78 is 40.7. The molecule has 25 heavy (non-hydrogen) atoms. The molecule has 9 heteroatoms. The van der Waals surface area contributed by atoms with Gasteiger partial charge in [0.2, 0.25) is 0 Å². The van der Waals surface area contributed by atoms with E-state index in [2.05, 4.69) is 14.9 Å². The van der Waals surface area contributed by atoms with Crippen LogP contribution in [-0.4, -0.2) is 48.1 Å². The van der Waals surface area contributed by atoms with E-state index in [1.54, 1.807) is 4.90 Å². The van der Waals surface area contributed by atoms with Crippen LogP contribution in [0.3, 0.4) is 0 Å². The summed E-state index contributed by atoms with van der Waals surface area (Å²) in [6.45, 7) is 2.70. The van der Waals surface area contributed by atoms with Gasteiger partial charge in [0.15, 0.2) is 5.69 Å². The van der Waals surface area contributed by atoms with Crippen molar-refractivity contribution in [3.8, 4) is 11.3 Å². The first-order chi connectivity index (χ1) is 11.8. The Morgan fingerprint density at radius 3 is 2.40 bits per heavy atom. The molecule has 0 aliphatic carbocycles. The lowest BCUT2D eigenvalue weighted by molar-refractivity contribution is -0.140. The number of benzene rings is 1. The zero-order chi connectivity index (χ0) is 18.2. The molecular formula is C16H15Cl2F3N4. The molecule has 1 aromatic heterocycles. The highest BCUT2D eigenvalue weighted by Crippen LogP contribution is 2.40. The molecule has 134 valence electrons. The van der Waals surface area contributed by atoms with E-state index in [1.807, 2.05) is 7.05 Å². The van der Waals surface area contributed by atoms with Crippen LogP contribution >= 0.6 is 23.2 Å². The number of anilines is 1. The lowest BCUT2D eigenvalue weighted by Crippen LogP contribution is -2.45. The number of aromatic nitrogens is 2. The number of nitrogens with zero attached hydrogens (tertiary/aromatic N) is 4. The van der Waals surface area contributed by atoms with E-state index in [9.17, 15) is 13.2 Å². The maximum absolute atomic E-state index is 13.6. The smallest absolute Gasteiger partial charge is 0.353 e. The van der Waals surface area contributed by atoms with Crippen molar-refractivity contribution in [1.29, 1.82) is 0 Å². The van der Waals surface area contributed by atoms with Crippen LogP contribution < -0.4 is 4.90 Å². The summed E-state index contributed by atoms with van der Waals surface area (Å²) in [5.74, 6) is 0.210. The zero-order valence-electron chi connectivity index (χ0n) is 13.3. The number of alkyl halides is 3. The van der Waals surface area contributed by atoms with E-state index in [0.717, 1.165) is 13.1 Å². The summed E-state index contributed by atoms with van der Waals surface area (Å²) in [5.41, 5.74) is -1.27. The van der Waals surface area contributed by atoms with Gasteiger partial charge >= 0.3 is 6.18 Å². The van der Waals surface area contributed by atoms with Gasteiger partial charge in [0, 0.05) is 31.7 Å². The standard InChI is InChI=1S/C16H15Cl2F3N4/c1-24-5-7-25(8-6-24)12-9-22-14(15(23-12)16(19,20)21)10-3-2-4-11(17)13(10)18/h2-4,9H,5-8H2,1H3. The van der Waals surface area contributed by atoms with Crippen LogP contribution in [0.1, 0.15) is 5.69 Å². The van der Waals surface area contributed by atoms with Gasteiger partial charge in [-0.3, -0.25) is 4.98 Å². The Kier molecular flexibility index (Phi) is 5.09. The minimum Gasteiger partial charge on any atom is -0.353 e. The predicted molar refractivity (Wildman–Crippen MR) is 92.2 cm³/mol. The minimum atomic E-state index is -4.66. The molecule has 1 aliphatic heterocycles. The molecule has 0 spiro atoms. The Bertz CT molecular complexity index is 774. The van der Waals surface area contributed by atoms with Crippen LogP contribution in [0.2, 0.25) is 10.0 Å². The van der Waals surface area contributed by atoms with Crippen molar-refractivity contribution in [2.24, 2.45) is 0 Å². The van der Waals surface area contributed by atoms with Gasteiger partial charge in [-0.2, -0.15) is 13.2 Å². The molecule has 0 N–H and O–H groups in total. The second-order valence-corrected chi connectivity index (χ2v) is 6.60. The Hall–Kier alpha value is -1.57. The number of likely N-dealkylation sites (N-methyl/N-ethyl adjacent to an activating group) is 1. The van der Waals surface area contributed by atoms with Gasteiger partial charge in [0.05, 0.1) is 16.2 Å². The molecule has 0 radical (unpaired) electrons. The molecule has 3 rings (SSSR count). The maximum atomic E-state index is 13.6. The van der Waals surface area contributed by atoms with Crippen LogP contribution in [0.5, 0.6) is 0 Å². The van der Waals surface area contributed by atoms with Crippen molar-refractivity contribution in [2.75, 3.05) is 38.1 Å². The Balaban J connectivity index is 2.06. The summed E-state index contributed by atoms with van der Waals surface area (Å²) in [5, 5.41) is 0.188. The second kappa shape index (κ2) is 6.97. The highest BCUT2D eigenvalue weighted by molar-refractivity contribution is 6.43. The molecule has 2 heterocycles. The molecule has 0 saturated carbocycles. The van der Waals surface area contributed by atoms with Gasteiger partial charge in [-0.05, 0) is 13.1 Å². The van der Waals surface area contributed by atoms with Crippen molar-refractivity contribution >= 4 is 29.0 Å². The third kappa shape index (κ3) is 3.83. The maximum Gasteiger partial charge on any atom is 0.435 e. The number of hydrogen-bond donors (Lipinski definition) is 0. The summed E-state index contributed by atoms with van der Waals surface area (Å²) in [6, 6.07) is 4.48. The van der Waals surface area contributed by atoms with Gasteiger partial charge in [0.1, 0.15) is 11.5 Å². The minimum absolute atomic E-state index is 0.0244. The molecule has 0 amide bonds. The van der Waals surface area contributed by atoms with Crippen LogP contribution in [0.15, 0.2) is 24.4 Å². The van der Waals surface area contributed by atoms with Crippen LogP contribution in [0.25, 0.3) is 11.3 Å². The van der Waals surface area contributed by atoms with Crippen molar-refractivity contribution in [1.82, 2.24) is 14.9 Å². The van der Waals surface area contributed by atoms with Gasteiger partial charge in [-0.15, -0.1) is 0 Å². The molecule has 1 fully saturated rings. The fraction of sp³-hybridized carbons (Fsp3) is 0.375. The number of rotatable bonds is 2. The van der Waals surface area contributed by atoms with Gasteiger partial charge in [0.25, 0.3) is 0 Å². The first kappa shape index (κ1) is 18.2. The fourth-order valence-corrected chi connectivity index (χ4v) is 3.04. The molecule has 2 aromatic rings. The Morgan fingerprint density at radius 1 is 1.08 bits per heavy atom. The third-order valence-electron chi connectivity index (χ3n) is 4.06.